The van der Waals surface area contributed by atoms with Gasteiger partial charge < -0.3 is 25.4 Å². The van der Waals surface area contributed by atoms with Crippen molar-refractivity contribution in [3.8, 4) is 11.5 Å². The van der Waals surface area contributed by atoms with E-state index in [4.69, 9.17) is 15.2 Å². The molecule has 148 valence electrons. The second-order valence-corrected chi connectivity index (χ2v) is 8.28. The van der Waals surface area contributed by atoms with Crippen LogP contribution in [0.15, 0.2) is 18.2 Å². The molecule has 2 saturated carbocycles. The Morgan fingerprint density at radius 3 is 2.22 bits per heavy atom. The Bertz CT molecular complexity index is 663. The summed E-state index contributed by atoms with van der Waals surface area (Å²) in [5, 5.41) is 3.57. The van der Waals surface area contributed by atoms with Crippen molar-refractivity contribution in [3.05, 3.63) is 18.2 Å². The smallest absolute Gasteiger partial charge is 0.227 e. The van der Waals surface area contributed by atoms with Gasteiger partial charge in [-0.1, -0.05) is 0 Å². The zero-order valence-electron chi connectivity index (χ0n) is 16.3. The summed E-state index contributed by atoms with van der Waals surface area (Å²) in [5.74, 6) is 3.01. The monoisotopic (exact) mass is 373 g/mol. The van der Waals surface area contributed by atoms with E-state index in [0.29, 0.717) is 23.8 Å². The number of fused-ring (bicyclic) bond motifs is 2. The van der Waals surface area contributed by atoms with E-state index < -0.39 is 0 Å². The van der Waals surface area contributed by atoms with Crippen LogP contribution >= 0.6 is 0 Å². The number of methoxy groups -OCH3 is 2. The van der Waals surface area contributed by atoms with Crippen LogP contribution in [0.25, 0.3) is 0 Å². The molecule has 4 rings (SSSR count). The minimum absolute atomic E-state index is 0.0657. The van der Waals surface area contributed by atoms with E-state index in [1.807, 2.05) is 18.2 Å². The summed E-state index contributed by atoms with van der Waals surface area (Å²) in [4.78, 5) is 15.1. The van der Waals surface area contributed by atoms with Crippen molar-refractivity contribution in [1.82, 2.24) is 4.90 Å². The number of hydrogen-bond acceptors (Lipinski definition) is 5. The summed E-state index contributed by atoms with van der Waals surface area (Å²) in [6, 6.07) is 6.25. The summed E-state index contributed by atoms with van der Waals surface area (Å²) in [7, 11) is 3.31. The van der Waals surface area contributed by atoms with Crippen LogP contribution in [0.4, 0.5) is 5.69 Å². The van der Waals surface area contributed by atoms with Gasteiger partial charge in [0.1, 0.15) is 11.5 Å². The molecule has 2 aliphatic carbocycles. The summed E-state index contributed by atoms with van der Waals surface area (Å²) in [5.41, 5.74) is 7.36. The molecule has 1 aliphatic heterocycles. The highest BCUT2D eigenvalue weighted by molar-refractivity contribution is 5.80. The predicted molar refractivity (Wildman–Crippen MR) is 105 cm³/mol. The lowest BCUT2D eigenvalue weighted by Gasteiger charge is -2.37. The van der Waals surface area contributed by atoms with E-state index in [1.165, 1.54) is 12.8 Å². The molecular formula is C21H31N3O3. The molecule has 6 nitrogen and oxygen atoms in total. The van der Waals surface area contributed by atoms with Crippen molar-refractivity contribution in [1.29, 1.82) is 0 Å². The lowest BCUT2D eigenvalue weighted by Crippen LogP contribution is -2.50. The molecular weight excluding hydrogens is 342 g/mol. The lowest BCUT2D eigenvalue weighted by molar-refractivity contribution is -0.138. The van der Waals surface area contributed by atoms with Crippen molar-refractivity contribution < 1.29 is 14.3 Å². The quantitative estimate of drug-likeness (QED) is 0.829. The third-order valence-corrected chi connectivity index (χ3v) is 6.79. The molecule has 1 amide bonds. The van der Waals surface area contributed by atoms with Gasteiger partial charge in [-0.2, -0.15) is 0 Å². The second kappa shape index (κ2) is 7.58. The number of benzene rings is 1. The molecule has 3 fully saturated rings. The van der Waals surface area contributed by atoms with Crippen LogP contribution in [0.5, 0.6) is 11.5 Å². The van der Waals surface area contributed by atoms with E-state index in [-0.39, 0.29) is 12.0 Å². The van der Waals surface area contributed by atoms with Gasteiger partial charge in [0.25, 0.3) is 0 Å². The van der Waals surface area contributed by atoms with E-state index in [0.717, 1.165) is 49.5 Å². The van der Waals surface area contributed by atoms with Gasteiger partial charge in [-0.05, 0) is 43.9 Å². The topological polar surface area (TPSA) is 76.8 Å². The van der Waals surface area contributed by atoms with Crippen LogP contribution in [-0.2, 0) is 4.79 Å². The highest BCUT2D eigenvalue weighted by Crippen LogP contribution is 2.48. The standard InChI is InChI=1S/C21H31N3O3/c1-26-17-10-16(11-18(12-17)27-2)23-15-5-7-24(8-6-15)21(25)19-13-3-4-14(9-13)20(19)22/h10-15,19-20,23H,3-9,22H2,1-2H3. The largest absolute Gasteiger partial charge is 0.497 e. The van der Waals surface area contributed by atoms with Crippen LogP contribution in [0.2, 0.25) is 0 Å². The Morgan fingerprint density at radius 2 is 1.67 bits per heavy atom. The number of piperidine rings is 1. The second-order valence-electron chi connectivity index (χ2n) is 8.28. The van der Waals surface area contributed by atoms with Crippen LogP contribution < -0.4 is 20.5 Å². The molecule has 0 radical (unpaired) electrons. The molecule has 3 aliphatic rings. The third kappa shape index (κ3) is 3.59. The molecule has 27 heavy (non-hydrogen) atoms. The number of likely N-dealkylation sites (tertiary alicyclic amines) is 1. The van der Waals surface area contributed by atoms with Crippen molar-refractivity contribution in [2.24, 2.45) is 23.5 Å². The highest BCUT2D eigenvalue weighted by atomic mass is 16.5. The zero-order valence-corrected chi connectivity index (χ0v) is 16.3. The molecule has 1 saturated heterocycles. The van der Waals surface area contributed by atoms with Gasteiger partial charge in [0.15, 0.2) is 0 Å². The fourth-order valence-corrected chi connectivity index (χ4v) is 5.28. The van der Waals surface area contributed by atoms with Crippen molar-refractivity contribution in [2.75, 3.05) is 32.6 Å². The zero-order chi connectivity index (χ0) is 19.0. The number of rotatable bonds is 5. The van der Waals surface area contributed by atoms with Crippen molar-refractivity contribution in [3.63, 3.8) is 0 Å². The van der Waals surface area contributed by atoms with E-state index in [2.05, 4.69) is 10.2 Å². The van der Waals surface area contributed by atoms with Crippen LogP contribution in [0.3, 0.4) is 0 Å². The van der Waals surface area contributed by atoms with Crippen molar-refractivity contribution in [2.45, 2.75) is 44.2 Å². The normalized spacial score (nSPS) is 30.4. The Labute approximate surface area is 161 Å². The molecule has 1 heterocycles. The first kappa shape index (κ1) is 18.4. The Hall–Kier alpha value is -1.95. The fraction of sp³-hybridized carbons (Fsp3) is 0.667. The number of carbonyl (C=O) groups excluding carboxylic acids is 1. The van der Waals surface area contributed by atoms with Gasteiger partial charge in [-0.15, -0.1) is 0 Å². The molecule has 0 spiro atoms. The highest BCUT2D eigenvalue weighted by Gasteiger charge is 2.50. The van der Waals surface area contributed by atoms with Crippen LogP contribution in [-0.4, -0.2) is 50.2 Å². The van der Waals surface area contributed by atoms with Crippen LogP contribution in [0, 0.1) is 17.8 Å². The van der Waals surface area contributed by atoms with E-state index >= 15 is 0 Å². The number of carbonyl (C=O) groups is 1. The first-order valence-electron chi connectivity index (χ1n) is 10.1. The molecule has 6 heteroatoms. The summed E-state index contributed by atoms with van der Waals surface area (Å²) in [6.07, 6.45) is 5.45. The van der Waals surface area contributed by atoms with Gasteiger partial charge in [0, 0.05) is 49.1 Å². The minimum Gasteiger partial charge on any atom is -0.497 e. The first-order valence-corrected chi connectivity index (χ1v) is 10.1. The average molecular weight is 373 g/mol. The van der Waals surface area contributed by atoms with Gasteiger partial charge in [-0.3, -0.25) is 4.79 Å². The number of anilines is 1. The van der Waals surface area contributed by atoms with Crippen LogP contribution in [0.1, 0.15) is 32.1 Å². The lowest BCUT2D eigenvalue weighted by atomic mass is 9.83. The maximum absolute atomic E-state index is 13.0. The number of ether oxygens (including phenoxy) is 2. The van der Waals surface area contributed by atoms with E-state index in [1.54, 1.807) is 14.2 Å². The summed E-state index contributed by atoms with van der Waals surface area (Å²) < 4.78 is 10.7. The maximum Gasteiger partial charge on any atom is 0.227 e. The molecule has 4 atom stereocenters. The first-order chi connectivity index (χ1) is 13.1. The van der Waals surface area contributed by atoms with E-state index in [9.17, 15) is 4.79 Å². The number of nitrogens with zero attached hydrogens (tertiary/aromatic N) is 1. The fourth-order valence-electron chi connectivity index (χ4n) is 5.28. The van der Waals surface area contributed by atoms with Crippen molar-refractivity contribution >= 4 is 11.6 Å². The molecule has 1 aromatic rings. The Morgan fingerprint density at radius 1 is 1.04 bits per heavy atom. The van der Waals surface area contributed by atoms with Gasteiger partial charge in [0.05, 0.1) is 20.1 Å². The van der Waals surface area contributed by atoms with Gasteiger partial charge in [0.2, 0.25) is 5.91 Å². The molecule has 3 N–H and O–H groups in total. The number of hydrogen-bond donors (Lipinski definition) is 2. The summed E-state index contributed by atoms with van der Waals surface area (Å²) in [6.45, 7) is 1.61. The number of nitrogens with one attached hydrogen (secondary N) is 1. The molecule has 0 aromatic heterocycles. The summed E-state index contributed by atoms with van der Waals surface area (Å²) >= 11 is 0. The molecule has 4 unspecified atom stereocenters. The Balaban J connectivity index is 1.33. The number of nitrogens with two attached hydrogens (primary N) is 1. The SMILES string of the molecule is COc1cc(NC2CCN(C(=O)C3C4CCC(C4)C3N)CC2)cc(OC)c1. The average Bonchev–Trinajstić information content (AvgIpc) is 3.29. The van der Waals surface area contributed by atoms with Gasteiger partial charge in [-0.25, -0.2) is 0 Å². The minimum atomic E-state index is 0.0657. The number of amides is 1. The predicted octanol–water partition coefficient (Wildman–Crippen LogP) is 2.48. The van der Waals surface area contributed by atoms with Gasteiger partial charge >= 0.3 is 0 Å². The Kier molecular flexibility index (Phi) is 5.17. The molecule has 1 aromatic carbocycles. The molecule has 2 bridgehead atoms. The maximum atomic E-state index is 13.0. The third-order valence-electron chi connectivity index (χ3n) is 6.79.